The van der Waals surface area contributed by atoms with Gasteiger partial charge in [-0.3, -0.25) is 0 Å². The number of urea groups is 1. The molecule has 1 aliphatic rings. The molecule has 1 aliphatic heterocycles. The zero-order valence-electron chi connectivity index (χ0n) is 10.5. The molecule has 0 aliphatic carbocycles. The van der Waals surface area contributed by atoms with Crippen molar-refractivity contribution >= 4 is 52.5 Å². The lowest BCUT2D eigenvalue weighted by molar-refractivity contribution is -0.141. The highest BCUT2D eigenvalue weighted by atomic mass is 35.5. The first kappa shape index (κ1) is 16.2. The molecular formula is C12H11Cl3N2O4. The van der Waals surface area contributed by atoms with Gasteiger partial charge in [0.05, 0.1) is 21.8 Å². The number of aliphatic hydroxyl groups excluding tert-OH is 1. The van der Waals surface area contributed by atoms with Gasteiger partial charge >= 0.3 is 12.0 Å². The Labute approximate surface area is 135 Å². The van der Waals surface area contributed by atoms with Crippen molar-refractivity contribution in [3.8, 4) is 0 Å². The molecule has 114 valence electrons. The van der Waals surface area contributed by atoms with Gasteiger partial charge in [-0.25, -0.2) is 9.59 Å². The summed E-state index contributed by atoms with van der Waals surface area (Å²) in [7, 11) is 0. The number of carboxylic acid groups (broad SMARTS) is 1. The zero-order valence-corrected chi connectivity index (χ0v) is 12.8. The predicted octanol–water partition coefficient (Wildman–Crippen LogP) is 2.70. The van der Waals surface area contributed by atoms with Crippen LogP contribution in [0, 0.1) is 0 Å². The number of carboxylic acids is 1. The smallest absolute Gasteiger partial charge is 0.326 e. The van der Waals surface area contributed by atoms with E-state index in [0.29, 0.717) is 5.02 Å². The lowest BCUT2D eigenvalue weighted by Crippen LogP contribution is -2.43. The molecular weight excluding hydrogens is 343 g/mol. The lowest BCUT2D eigenvalue weighted by atomic mass is 10.2. The van der Waals surface area contributed by atoms with E-state index in [-0.39, 0.29) is 28.7 Å². The molecule has 1 fully saturated rings. The quantitative estimate of drug-likeness (QED) is 0.762. The van der Waals surface area contributed by atoms with Gasteiger partial charge in [0.1, 0.15) is 6.04 Å². The Bertz CT molecular complexity index is 573. The summed E-state index contributed by atoms with van der Waals surface area (Å²) in [6, 6.07) is 1.01. The van der Waals surface area contributed by atoms with Gasteiger partial charge < -0.3 is 20.4 Å². The molecule has 6 nitrogen and oxygen atoms in total. The maximum atomic E-state index is 12.2. The van der Waals surface area contributed by atoms with Crippen LogP contribution in [0.1, 0.15) is 6.42 Å². The number of nitrogens with one attached hydrogen (secondary N) is 1. The molecule has 1 heterocycles. The van der Waals surface area contributed by atoms with Gasteiger partial charge in [-0.2, -0.15) is 0 Å². The van der Waals surface area contributed by atoms with Gasteiger partial charge in [0.2, 0.25) is 0 Å². The van der Waals surface area contributed by atoms with Crippen molar-refractivity contribution in [1.82, 2.24) is 4.90 Å². The summed E-state index contributed by atoms with van der Waals surface area (Å²) in [5.41, 5.74) is 0.137. The Morgan fingerprint density at radius 2 is 1.81 bits per heavy atom. The van der Waals surface area contributed by atoms with Crippen LogP contribution < -0.4 is 5.32 Å². The number of hydrogen-bond donors (Lipinski definition) is 3. The van der Waals surface area contributed by atoms with Crippen molar-refractivity contribution in [3.63, 3.8) is 0 Å². The predicted molar refractivity (Wildman–Crippen MR) is 79.2 cm³/mol. The topological polar surface area (TPSA) is 89.9 Å². The normalized spacial score (nSPS) is 21.4. The second-order valence-electron chi connectivity index (χ2n) is 4.57. The first-order chi connectivity index (χ1) is 9.79. The van der Waals surface area contributed by atoms with Crippen LogP contribution in [0.15, 0.2) is 12.1 Å². The van der Waals surface area contributed by atoms with Crippen molar-refractivity contribution in [2.75, 3.05) is 11.9 Å². The zero-order chi connectivity index (χ0) is 15.7. The number of aliphatic carboxylic acids is 1. The second-order valence-corrected chi connectivity index (χ2v) is 5.82. The molecule has 2 rings (SSSR count). The third-order valence-corrected chi connectivity index (χ3v) is 3.88. The summed E-state index contributed by atoms with van der Waals surface area (Å²) in [6.45, 7) is -0.0778. The van der Waals surface area contributed by atoms with Gasteiger partial charge in [0.15, 0.2) is 0 Å². The molecule has 1 saturated heterocycles. The van der Waals surface area contributed by atoms with Crippen LogP contribution in [0.2, 0.25) is 15.1 Å². The first-order valence-electron chi connectivity index (χ1n) is 5.92. The van der Waals surface area contributed by atoms with Crippen molar-refractivity contribution < 1.29 is 19.8 Å². The fraction of sp³-hybridized carbons (Fsp3) is 0.333. The summed E-state index contributed by atoms with van der Waals surface area (Å²) >= 11 is 17.7. The molecule has 0 bridgehead atoms. The minimum atomic E-state index is -1.19. The van der Waals surface area contributed by atoms with Crippen LogP contribution in [0.3, 0.4) is 0 Å². The maximum absolute atomic E-state index is 12.2. The lowest BCUT2D eigenvalue weighted by Gasteiger charge is -2.22. The third kappa shape index (κ3) is 3.52. The largest absolute Gasteiger partial charge is 0.480 e. The Morgan fingerprint density at radius 3 is 2.33 bits per heavy atom. The number of likely N-dealkylation sites (tertiary alicyclic amines) is 1. The molecule has 2 atom stereocenters. The molecule has 0 saturated carbocycles. The monoisotopic (exact) mass is 352 g/mol. The van der Waals surface area contributed by atoms with Crippen LogP contribution >= 0.6 is 34.8 Å². The molecule has 0 spiro atoms. The van der Waals surface area contributed by atoms with E-state index in [2.05, 4.69) is 5.32 Å². The van der Waals surface area contributed by atoms with E-state index in [1.54, 1.807) is 0 Å². The van der Waals surface area contributed by atoms with E-state index >= 15 is 0 Å². The van der Waals surface area contributed by atoms with Gasteiger partial charge in [0.25, 0.3) is 0 Å². The number of β-amino-alcohol motifs (C(OH)–C–C–N with tert-alkyl or cyclic N) is 1. The summed E-state index contributed by atoms with van der Waals surface area (Å²) in [6.07, 6.45) is -0.904. The van der Waals surface area contributed by atoms with E-state index in [1.807, 2.05) is 0 Å². The minimum Gasteiger partial charge on any atom is -0.480 e. The number of rotatable bonds is 2. The average molecular weight is 354 g/mol. The van der Waals surface area contributed by atoms with Crippen molar-refractivity contribution in [1.29, 1.82) is 0 Å². The molecule has 0 aromatic heterocycles. The number of nitrogens with zero attached hydrogens (tertiary/aromatic N) is 1. The van der Waals surface area contributed by atoms with Gasteiger partial charge in [-0.05, 0) is 12.1 Å². The summed E-state index contributed by atoms with van der Waals surface area (Å²) < 4.78 is 0. The Kier molecular flexibility index (Phi) is 4.83. The highest BCUT2D eigenvalue weighted by molar-refractivity contribution is 6.42. The number of hydrogen-bond acceptors (Lipinski definition) is 3. The SMILES string of the molecule is O=C(O)[C@@H]1C[C@@H](O)CN1C(=O)Nc1c(Cl)cc(Cl)cc1Cl. The standard InChI is InChI=1S/C12H11Cl3N2O4/c13-5-1-7(14)10(8(15)2-5)16-12(21)17-4-6(18)3-9(17)11(19)20/h1-2,6,9,18H,3-4H2,(H,16,21)(H,19,20)/t6-,9+/m1/s1. The average Bonchev–Trinajstić information content (AvgIpc) is 2.76. The Hall–Kier alpha value is -1.21. The fourth-order valence-electron chi connectivity index (χ4n) is 2.11. The van der Waals surface area contributed by atoms with Crippen molar-refractivity contribution in [3.05, 3.63) is 27.2 Å². The van der Waals surface area contributed by atoms with Crippen LogP contribution in [0.25, 0.3) is 0 Å². The molecule has 21 heavy (non-hydrogen) atoms. The summed E-state index contributed by atoms with van der Waals surface area (Å²) in [5.74, 6) is -1.19. The number of carbonyl (C=O) groups is 2. The summed E-state index contributed by atoms with van der Waals surface area (Å²) in [5, 5.41) is 21.6. The molecule has 9 heteroatoms. The highest BCUT2D eigenvalue weighted by Crippen LogP contribution is 2.34. The number of anilines is 1. The van der Waals surface area contributed by atoms with E-state index in [0.717, 1.165) is 4.90 Å². The third-order valence-electron chi connectivity index (χ3n) is 3.06. The number of aliphatic hydroxyl groups is 1. The Balaban J connectivity index is 2.20. The van der Waals surface area contributed by atoms with E-state index in [4.69, 9.17) is 39.9 Å². The van der Waals surface area contributed by atoms with Crippen LogP contribution in [-0.2, 0) is 4.79 Å². The highest BCUT2D eigenvalue weighted by Gasteiger charge is 2.39. The molecule has 1 aromatic rings. The fourth-order valence-corrected chi connectivity index (χ4v) is 3.02. The number of benzene rings is 1. The molecule has 0 radical (unpaired) electrons. The van der Waals surface area contributed by atoms with E-state index < -0.39 is 24.1 Å². The van der Waals surface area contributed by atoms with Gasteiger partial charge in [-0.15, -0.1) is 0 Å². The van der Waals surface area contributed by atoms with Gasteiger partial charge in [0, 0.05) is 18.0 Å². The molecule has 0 unspecified atom stereocenters. The molecule has 3 N–H and O–H groups in total. The maximum Gasteiger partial charge on any atom is 0.326 e. The molecule has 2 amide bonds. The van der Waals surface area contributed by atoms with Crippen LogP contribution in [0.4, 0.5) is 10.5 Å². The number of halogens is 3. The van der Waals surface area contributed by atoms with E-state index in [1.165, 1.54) is 12.1 Å². The summed E-state index contributed by atoms with van der Waals surface area (Å²) in [4.78, 5) is 24.3. The van der Waals surface area contributed by atoms with Crippen LogP contribution in [-0.4, -0.2) is 45.8 Å². The van der Waals surface area contributed by atoms with Crippen molar-refractivity contribution in [2.24, 2.45) is 0 Å². The first-order valence-corrected chi connectivity index (χ1v) is 7.06. The molecule has 1 aromatic carbocycles. The van der Waals surface area contributed by atoms with Crippen LogP contribution in [0.5, 0.6) is 0 Å². The number of carbonyl (C=O) groups excluding carboxylic acids is 1. The van der Waals surface area contributed by atoms with Gasteiger partial charge in [-0.1, -0.05) is 34.8 Å². The Morgan fingerprint density at radius 1 is 1.24 bits per heavy atom. The number of amides is 2. The second kappa shape index (κ2) is 6.27. The minimum absolute atomic E-state index is 0.0230. The van der Waals surface area contributed by atoms with Crippen molar-refractivity contribution in [2.45, 2.75) is 18.6 Å². The van der Waals surface area contributed by atoms with E-state index in [9.17, 15) is 14.7 Å².